The van der Waals surface area contributed by atoms with E-state index in [-0.39, 0.29) is 31.6 Å². The predicted octanol–water partition coefficient (Wildman–Crippen LogP) is 6.63. The summed E-state index contributed by atoms with van der Waals surface area (Å²) in [6.45, 7) is 7.66. The summed E-state index contributed by atoms with van der Waals surface area (Å²) in [4.78, 5) is 22.8. The molecule has 184 valence electrons. The summed E-state index contributed by atoms with van der Waals surface area (Å²) >= 11 is 7.26. The monoisotopic (exact) mass is 546 g/mol. The van der Waals surface area contributed by atoms with E-state index in [1.54, 1.807) is 23.5 Å². The van der Waals surface area contributed by atoms with Crippen LogP contribution >= 0.6 is 47.0 Å². The van der Waals surface area contributed by atoms with Crippen molar-refractivity contribution < 1.29 is 23.8 Å². The molecule has 0 saturated carbocycles. The molecule has 0 radical (unpaired) electrons. The zero-order chi connectivity index (χ0) is 24.6. The van der Waals surface area contributed by atoms with E-state index in [1.165, 1.54) is 12.2 Å². The number of para-hydroxylation sites is 2. The van der Waals surface area contributed by atoms with Crippen molar-refractivity contribution in [2.75, 3.05) is 24.7 Å². The van der Waals surface area contributed by atoms with Crippen LogP contribution in [0.2, 0.25) is 0 Å². The van der Waals surface area contributed by atoms with Crippen LogP contribution < -0.4 is 4.74 Å². The molecule has 0 aliphatic carbocycles. The Labute approximate surface area is 222 Å². The van der Waals surface area contributed by atoms with E-state index in [4.69, 9.17) is 14.2 Å². The standard InChI is InChI=1S/C26H26O5S4/c1-3-23(27)29-13-17-15-32-25(34-17)19-9-5-7-11-21(19)31-22-12-8-6-10-20(22)26-33-16-18(35-26)14-30-24(28)4-2/h3-12,17-18,25-26H,1-2,13-16H2. The fourth-order valence-electron chi connectivity index (χ4n) is 3.52. The summed E-state index contributed by atoms with van der Waals surface area (Å²) in [5.41, 5.74) is 2.24. The van der Waals surface area contributed by atoms with E-state index in [1.807, 2.05) is 59.9 Å². The van der Waals surface area contributed by atoms with Crippen molar-refractivity contribution in [2.24, 2.45) is 0 Å². The summed E-state index contributed by atoms with van der Waals surface area (Å²) in [6, 6.07) is 16.2. The third kappa shape index (κ3) is 7.06. The first-order valence-electron chi connectivity index (χ1n) is 11.1. The number of rotatable bonds is 10. The van der Waals surface area contributed by atoms with Gasteiger partial charge < -0.3 is 14.2 Å². The molecule has 2 aliphatic rings. The van der Waals surface area contributed by atoms with Gasteiger partial charge in [0.25, 0.3) is 0 Å². The second kappa shape index (κ2) is 12.9. The molecule has 2 aromatic rings. The lowest BCUT2D eigenvalue weighted by Gasteiger charge is -2.19. The van der Waals surface area contributed by atoms with Crippen LogP contribution in [0.4, 0.5) is 0 Å². The van der Waals surface area contributed by atoms with E-state index < -0.39 is 0 Å². The Morgan fingerprint density at radius 1 is 0.771 bits per heavy atom. The molecule has 2 fully saturated rings. The van der Waals surface area contributed by atoms with Crippen LogP contribution in [0.3, 0.4) is 0 Å². The molecule has 2 saturated heterocycles. The first kappa shape index (κ1) is 26.1. The molecule has 0 aromatic heterocycles. The summed E-state index contributed by atoms with van der Waals surface area (Å²) in [5, 5.41) is 0.459. The van der Waals surface area contributed by atoms with Gasteiger partial charge in [0.2, 0.25) is 0 Å². The van der Waals surface area contributed by atoms with Crippen molar-refractivity contribution >= 4 is 59.0 Å². The Kier molecular flexibility index (Phi) is 9.59. The zero-order valence-corrected chi connectivity index (χ0v) is 22.3. The van der Waals surface area contributed by atoms with Gasteiger partial charge >= 0.3 is 11.9 Å². The van der Waals surface area contributed by atoms with Crippen molar-refractivity contribution in [1.82, 2.24) is 0 Å². The summed E-state index contributed by atoms with van der Waals surface area (Å²) < 4.78 is 17.4. The third-order valence-corrected chi connectivity index (χ3v) is 11.8. The highest BCUT2D eigenvalue weighted by Crippen LogP contribution is 2.54. The quantitative estimate of drug-likeness (QED) is 0.241. The smallest absolute Gasteiger partial charge is 0.330 e. The molecular formula is C26H26O5S4. The number of carbonyl (C=O) groups is 2. The Morgan fingerprint density at radius 2 is 1.20 bits per heavy atom. The van der Waals surface area contributed by atoms with Crippen LogP contribution in [-0.2, 0) is 19.1 Å². The summed E-state index contributed by atoms with van der Waals surface area (Å²) in [5.74, 6) is 2.69. The Bertz CT molecular complexity index is 992. The number of benzene rings is 2. The maximum Gasteiger partial charge on any atom is 0.330 e. The van der Waals surface area contributed by atoms with Gasteiger partial charge in [-0.15, -0.1) is 47.0 Å². The molecule has 4 atom stereocenters. The van der Waals surface area contributed by atoms with Crippen molar-refractivity contribution in [3.8, 4) is 11.5 Å². The number of hydrogen-bond donors (Lipinski definition) is 0. The van der Waals surface area contributed by atoms with Crippen LogP contribution in [0, 0.1) is 0 Å². The summed E-state index contributed by atoms with van der Waals surface area (Å²) in [7, 11) is 0. The molecule has 0 spiro atoms. The Morgan fingerprint density at radius 3 is 1.63 bits per heavy atom. The van der Waals surface area contributed by atoms with Gasteiger partial charge in [-0.05, 0) is 12.1 Å². The first-order chi connectivity index (χ1) is 17.1. The minimum absolute atomic E-state index is 0.199. The lowest BCUT2D eigenvalue weighted by molar-refractivity contribution is -0.138. The number of carbonyl (C=O) groups excluding carboxylic acids is 2. The largest absolute Gasteiger partial charge is 0.461 e. The van der Waals surface area contributed by atoms with E-state index >= 15 is 0 Å². The fourth-order valence-corrected chi connectivity index (χ4v) is 10.1. The Hall–Kier alpha value is -1.94. The first-order valence-corrected chi connectivity index (χ1v) is 15.0. The van der Waals surface area contributed by atoms with Crippen LogP contribution in [-0.4, -0.2) is 47.2 Å². The van der Waals surface area contributed by atoms with Crippen LogP contribution in [0.15, 0.2) is 73.8 Å². The molecule has 2 aliphatic heterocycles. The molecular weight excluding hydrogens is 521 g/mol. The highest BCUT2D eigenvalue weighted by Gasteiger charge is 2.32. The molecule has 0 bridgehead atoms. The molecule has 2 aromatic carbocycles. The van der Waals surface area contributed by atoms with Crippen LogP contribution in [0.25, 0.3) is 0 Å². The molecule has 4 unspecified atom stereocenters. The Balaban J connectivity index is 1.43. The molecule has 2 heterocycles. The van der Waals surface area contributed by atoms with E-state index in [0.29, 0.717) is 13.2 Å². The number of hydrogen-bond acceptors (Lipinski definition) is 9. The topological polar surface area (TPSA) is 61.8 Å². The second-order valence-corrected chi connectivity index (χ2v) is 13.4. The van der Waals surface area contributed by atoms with Crippen molar-refractivity contribution in [2.45, 2.75) is 19.7 Å². The predicted molar refractivity (Wildman–Crippen MR) is 148 cm³/mol. The molecule has 35 heavy (non-hydrogen) atoms. The van der Waals surface area contributed by atoms with Crippen LogP contribution in [0.5, 0.6) is 11.5 Å². The lowest BCUT2D eigenvalue weighted by atomic mass is 10.2. The molecule has 4 rings (SSSR count). The maximum absolute atomic E-state index is 11.4. The average molecular weight is 547 g/mol. The van der Waals surface area contributed by atoms with E-state index in [0.717, 1.165) is 34.1 Å². The van der Waals surface area contributed by atoms with E-state index in [2.05, 4.69) is 25.3 Å². The van der Waals surface area contributed by atoms with Crippen molar-refractivity contribution in [1.29, 1.82) is 0 Å². The minimum Gasteiger partial charge on any atom is -0.461 e. The zero-order valence-electron chi connectivity index (χ0n) is 19.0. The van der Waals surface area contributed by atoms with Crippen molar-refractivity contribution in [3.05, 3.63) is 85.0 Å². The van der Waals surface area contributed by atoms with Gasteiger partial charge in [-0.2, -0.15) is 0 Å². The van der Waals surface area contributed by atoms with Crippen molar-refractivity contribution in [3.63, 3.8) is 0 Å². The summed E-state index contributed by atoms with van der Waals surface area (Å²) in [6.07, 6.45) is 2.39. The molecule has 0 N–H and O–H groups in total. The number of ether oxygens (including phenoxy) is 3. The van der Waals surface area contributed by atoms with Gasteiger partial charge in [-0.25, -0.2) is 9.59 Å². The van der Waals surface area contributed by atoms with Gasteiger partial charge in [0.1, 0.15) is 24.7 Å². The van der Waals surface area contributed by atoms with Gasteiger partial charge in [0.05, 0.1) is 9.16 Å². The lowest BCUT2D eigenvalue weighted by Crippen LogP contribution is -2.14. The normalized spacial score (nSPS) is 23.4. The fraction of sp³-hybridized carbons (Fsp3) is 0.308. The number of thioether (sulfide) groups is 4. The van der Waals surface area contributed by atoms with Gasteiger partial charge in [-0.1, -0.05) is 49.6 Å². The molecule has 0 amide bonds. The van der Waals surface area contributed by atoms with Gasteiger partial charge in [-0.3, -0.25) is 0 Å². The highest BCUT2D eigenvalue weighted by molar-refractivity contribution is 8.20. The molecule has 9 heteroatoms. The second-order valence-electron chi connectivity index (χ2n) is 7.69. The van der Waals surface area contributed by atoms with E-state index in [9.17, 15) is 9.59 Å². The molecule has 5 nitrogen and oxygen atoms in total. The average Bonchev–Trinajstić information content (AvgIpc) is 3.56. The minimum atomic E-state index is -0.386. The van der Waals surface area contributed by atoms with Gasteiger partial charge in [0.15, 0.2) is 0 Å². The highest BCUT2D eigenvalue weighted by atomic mass is 32.2. The maximum atomic E-state index is 11.4. The third-order valence-electron chi connectivity index (χ3n) is 5.22. The number of esters is 2. The van der Waals surface area contributed by atoms with Gasteiger partial charge in [0, 0.05) is 45.3 Å². The SMILES string of the molecule is C=CC(=O)OCC1CSC(c2ccccc2Oc2ccccc2C2SCC(COC(=O)C=C)S2)S1. The van der Waals surface area contributed by atoms with Crippen LogP contribution in [0.1, 0.15) is 20.3 Å².